The normalized spacial score (nSPS) is 24.3. The zero-order chi connectivity index (χ0) is 15.5. The second-order valence-electron chi connectivity index (χ2n) is 6.51. The summed E-state index contributed by atoms with van der Waals surface area (Å²) in [6.07, 6.45) is 17.2. The number of fused-ring (bicyclic) bond motifs is 5. The maximum absolute atomic E-state index is 13.6. The van der Waals surface area contributed by atoms with Crippen molar-refractivity contribution in [2.45, 2.75) is 20.8 Å². The quantitative estimate of drug-likeness (QED) is 0.773. The molecule has 0 N–H and O–H groups in total. The minimum absolute atomic E-state index is 0.238. The van der Waals surface area contributed by atoms with Crippen LogP contribution in [-0.4, -0.2) is 23.9 Å². The molecule has 0 aromatic heterocycles. The highest BCUT2D eigenvalue weighted by Gasteiger charge is 2.64. The molecule has 0 radical (unpaired) electrons. The molecule has 0 unspecified atom stereocenters. The molecule has 4 rings (SSSR count). The molecule has 4 bridgehead atoms. The Bertz CT molecular complexity index is 707. The summed E-state index contributed by atoms with van der Waals surface area (Å²) in [6.45, 7) is 7.85. The average Bonchev–Trinajstić information content (AvgIpc) is 3.27. The first kappa shape index (κ1) is 13.6. The number of rotatable bonds is 4. The molecule has 2 nitrogen and oxygen atoms in total. The van der Waals surface area contributed by atoms with Gasteiger partial charge in [-0.2, -0.15) is 0 Å². The van der Waals surface area contributed by atoms with Crippen LogP contribution in [0.3, 0.4) is 0 Å². The standard InChI is InChI=1S/C20H21NO/c1-4-21(5-2)18(22)20(16-10-11-17(20)13-12-16)19(3)14-6-7-15(19)9-8-14/h6-13H,4-5H2,1-3H3. The van der Waals surface area contributed by atoms with Crippen LogP contribution < -0.4 is 0 Å². The SMILES string of the molecule is CCN(CC)C(=O)C1(C2(C)C3=CC=C2C=C3)C2=CC=C1C=C2. The smallest absolute Gasteiger partial charge is 0.238 e. The van der Waals surface area contributed by atoms with E-state index in [2.05, 4.69) is 69.4 Å². The summed E-state index contributed by atoms with van der Waals surface area (Å²) in [5, 5.41) is 0. The third-order valence-electron chi connectivity index (χ3n) is 5.91. The summed E-state index contributed by atoms with van der Waals surface area (Å²) >= 11 is 0. The van der Waals surface area contributed by atoms with Crippen LogP contribution >= 0.6 is 0 Å². The molecule has 0 atom stereocenters. The van der Waals surface area contributed by atoms with Crippen molar-refractivity contribution in [2.24, 2.45) is 10.8 Å². The minimum Gasteiger partial charge on any atom is -0.342 e. The van der Waals surface area contributed by atoms with Gasteiger partial charge in [-0.05, 0) is 43.1 Å². The highest BCUT2D eigenvalue weighted by atomic mass is 16.2. The molecule has 0 heterocycles. The molecule has 0 aromatic carbocycles. The lowest BCUT2D eigenvalue weighted by atomic mass is 9.56. The van der Waals surface area contributed by atoms with E-state index in [4.69, 9.17) is 0 Å². The maximum Gasteiger partial charge on any atom is 0.238 e. The van der Waals surface area contributed by atoms with E-state index in [1.165, 1.54) is 11.1 Å². The number of allylic oxidation sites excluding steroid dienone is 10. The van der Waals surface area contributed by atoms with Gasteiger partial charge in [0.15, 0.2) is 0 Å². The van der Waals surface area contributed by atoms with Gasteiger partial charge >= 0.3 is 0 Å². The molecule has 4 aliphatic rings. The zero-order valence-corrected chi connectivity index (χ0v) is 13.4. The zero-order valence-electron chi connectivity index (χ0n) is 13.4. The van der Waals surface area contributed by atoms with Crippen LogP contribution in [-0.2, 0) is 4.79 Å². The molecule has 0 spiro atoms. The first-order valence-electron chi connectivity index (χ1n) is 8.12. The largest absolute Gasteiger partial charge is 0.342 e. The van der Waals surface area contributed by atoms with E-state index in [0.29, 0.717) is 0 Å². The summed E-state index contributed by atoms with van der Waals surface area (Å²) in [5.74, 6) is 0.238. The summed E-state index contributed by atoms with van der Waals surface area (Å²) in [5.41, 5.74) is 3.95. The lowest BCUT2D eigenvalue weighted by Gasteiger charge is -2.46. The summed E-state index contributed by atoms with van der Waals surface area (Å²) in [6, 6.07) is 0. The molecule has 112 valence electrons. The lowest BCUT2D eigenvalue weighted by Crippen LogP contribution is -2.52. The molecular weight excluding hydrogens is 270 g/mol. The van der Waals surface area contributed by atoms with Crippen LogP contribution in [0.5, 0.6) is 0 Å². The molecule has 4 aliphatic carbocycles. The molecular formula is C20H21NO. The van der Waals surface area contributed by atoms with Gasteiger partial charge < -0.3 is 4.90 Å². The van der Waals surface area contributed by atoms with Crippen molar-refractivity contribution < 1.29 is 4.79 Å². The molecule has 22 heavy (non-hydrogen) atoms. The fourth-order valence-electron chi connectivity index (χ4n) is 4.66. The van der Waals surface area contributed by atoms with E-state index in [0.717, 1.165) is 24.2 Å². The van der Waals surface area contributed by atoms with Crippen LogP contribution in [0.2, 0.25) is 0 Å². The number of carbonyl (C=O) groups is 1. The average molecular weight is 291 g/mol. The summed E-state index contributed by atoms with van der Waals surface area (Å²) in [4.78, 5) is 15.6. The Kier molecular flexibility index (Phi) is 2.60. The highest BCUT2D eigenvalue weighted by Crippen LogP contribution is 2.67. The Balaban J connectivity index is 1.93. The lowest BCUT2D eigenvalue weighted by molar-refractivity contribution is -0.140. The fourth-order valence-corrected chi connectivity index (χ4v) is 4.66. The molecule has 0 saturated carbocycles. The number of hydrogen-bond acceptors (Lipinski definition) is 1. The van der Waals surface area contributed by atoms with Crippen LogP contribution in [0.25, 0.3) is 0 Å². The van der Waals surface area contributed by atoms with E-state index in [1.54, 1.807) is 0 Å². The molecule has 0 aromatic rings. The predicted molar refractivity (Wildman–Crippen MR) is 89.1 cm³/mol. The van der Waals surface area contributed by atoms with Gasteiger partial charge in [-0.3, -0.25) is 4.79 Å². The van der Waals surface area contributed by atoms with Gasteiger partial charge in [0.2, 0.25) is 5.91 Å². The Morgan fingerprint density at radius 2 is 1.27 bits per heavy atom. The van der Waals surface area contributed by atoms with Crippen LogP contribution in [0.4, 0.5) is 0 Å². The number of amides is 1. The predicted octanol–water partition coefficient (Wildman–Crippen LogP) is 3.72. The highest BCUT2D eigenvalue weighted by molar-refractivity contribution is 5.97. The van der Waals surface area contributed by atoms with E-state index in [1.807, 2.05) is 4.90 Å². The van der Waals surface area contributed by atoms with Crippen molar-refractivity contribution >= 4 is 5.91 Å². The van der Waals surface area contributed by atoms with Crippen molar-refractivity contribution in [2.75, 3.05) is 13.1 Å². The minimum atomic E-state index is -0.573. The Morgan fingerprint density at radius 1 is 0.864 bits per heavy atom. The topological polar surface area (TPSA) is 20.3 Å². The van der Waals surface area contributed by atoms with Crippen LogP contribution in [0, 0.1) is 10.8 Å². The number of nitrogens with zero attached hydrogens (tertiary/aromatic N) is 1. The molecule has 0 saturated heterocycles. The summed E-state index contributed by atoms with van der Waals surface area (Å²) in [7, 11) is 0. The number of hydrogen-bond donors (Lipinski definition) is 0. The van der Waals surface area contributed by atoms with Gasteiger partial charge in [-0.25, -0.2) is 0 Å². The van der Waals surface area contributed by atoms with Crippen molar-refractivity contribution in [3.63, 3.8) is 0 Å². The van der Waals surface area contributed by atoms with Gasteiger partial charge in [0.25, 0.3) is 0 Å². The van der Waals surface area contributed by atoms with Gasteiger partial charge in [0.1, 0.15) is 5.41 Å². The van der Waals surface area contributed by atoms with Gasteiger partial charge in [0.05, 0.1) is 0 Å². The van der Waals surface area contributed by atoms with Gasteiger partial charge in [-0.15, -0.1) is 0 Å². The van der Waals surface area contributed by atoms with E-state index >= 15 is 0 Å². The van der Waals surface area contributed by atoms with Crippen LogP contribution in [0.15, 0.2) is 70.9 Å². The molecule has 1 amide bonds. The van der Waals surface area contributed by atoms with Crippen LogP contribution in [0.1, 0.15) is 20.8 Å². The Hall–Kier alpha value is -2.09. The summed E-state index contributed by atoms with van der Waals surface area (Å²) < 4.78 is 0. The van der Waals surface area contributed by atoms with Gasteiger partial charge in [-0.1, -0.05) is 48.6 Å². The van der Waals surface area contributed by atoms with E-state index < -0.39 is 5.41 Å². The van der Waals surface area contributed by atoms with Crippen molar-refractivity contribution in [1.82, 2.24) is 4.90 Å². The van der Waals surface area contributed by atoms with Crippen molar-refractivity contribution in [3.05, 3.63) is 70.9 Å². The number of carbonyl (C=O) groups excluding carboxylic acids is 1. The second kappa shape index (κ2) is 4.22. The molecule has 0 aliphatic heterocycles. The first-order chi connectivity index (χ1) is 10.6. The van der Waals surface area contributed by atoms with Crippen molar-refractivity contribution in [1.29, 1.82) is 0 Å². The maximum atomic E-state index is 13.6. The Labute approximate surface area is 131 Å². The van der Waals surface area contributed by atoms with Gasteiger partial charge in [0, 0.05) is 18.5 Å². The monoisotopic (exact) mass is 291 g/mol. The third-order valence-corrected chi connectivity index (χ3v) is 5.91. The second-order valence-corrected chi connectivity index (χ2v) is 6.51. The Morgan fingerprint density at radius 3 is 1.64 bits per heavy atom. The molecule has 2 heteroatoms. The van der Waals surface area contributed by atoms with Crippen molar-refractivity contribution in [3.8, 4) is 0 Å². The molecule has 0 fully saturated rings. The third kappa shape index (κ3) is 1.22. The van der Waals surface area contributed by atoms with E-state index in [9.17, 15) is 4.79 Å². The fraction of sp³-hybridized carbons (Fsp3) is 0.350. The first-order valence-corrected chi connectivity index (χ1v) is 8.12. The van der Waals surface area contributed by atoms with E-state index in [-0.39, 0.29) is 11.3 Å².